The summed E-state index contributed by atoms with van der Waals surface area (Å²) in [6.45, 7) is 1.69. The van der Waals surface area contributed by atoms with Crippen molar-refractivity contribution in [2.24, 2.45) is 0 Å². The van der Waals surface area contributed by atoms with Crippen LogP contribution in [0.25, 0.3) is 16.9 Å². The van der Waals surface area contributed by atoms with Crippen molar-refractivity contribution in [2.75, 3.05) is 18.0 Å². The first kappa shape index (κ1) is 21.2. The third-order valence-corrected chi connectivity index (χ3v) is 4.88. The van der Waals surface area contributed by atoms with E-state index >= 15 is 0 Å². The summed E-state index contributed by atoms with van der Waals surface area (Å²) in [5.41, 5.74) is 1.07. The first-order valence-corrected chi connectivity index (χ1v) is 9.67. The summed E-state index contributed by atoms with van der Waals surface area (Å²) in [5, 5.41) is 4.26. The number of aryl methyl sites for hydroxylation is 1. The molecule has 166 valence electrons. The largest absolute Gasteiger partial charge is 0.362 e. The summed E-state index contributed by atoms with van der Waals surface area (Å²) in [5.74, 6) is -2.76. The van der Waals surface area contributed by atoms with Crippen molar-refractivity contribution in [2.45, 2.75) is 19.3 Å². The Bertz CT molecular complexity index is 1420. The summed E-state index contributed by atoms with van der Waals surface area (Å²) in [4.78, 5) is 46.2. The zero-order valence-electron chi connectivity index (χ0n) is 16.9. The van der Waals surface area contributed by atoms with Crippen LogP contribution in [-0.2, 0) is 0 Å². The van der Waals surface area contributed by atoms with Crippen LogP contribution in [0.3, 0.4) is 0 Å². The molecule has 0 aromatic carbocycles. The molecule has 1 aliphatic rings. The first-order chi connectivity index (χ1) is 15.2. The highest BCUT2D eigenvalue weighted by atomic mass is 19.3. The van der Waals surface area contributed by atoms with Gasteiger partial charge in [-0.25, -0.2) is 23.1 Å². The summed E-state index contributed by atoms with van der Waals surface area (Å²) in [6, 6.07) is 4.82. The normalized spacial score (nSPS) is 14.9. The summed E-state index contributed by atoms with van der Waals surface area (Å²) in [7, 11) is 0. The molecule has 0 unspecified atom stereocenters. The SMILES string of the molecule is Cc1ccc(=O)[nH]c1.O=c1[nH]cc(-c2cc(N3CCC(F)(F)C3)c3nccn3n2)c(=O)[nH]1. The number of hydrogen-bond acceptors (Lipinski definition) is 6. The molecule has 5 heterocycles. The van der Waals surface area contributed by atoms with Gasteiger partial charge in [0.1, 0.15) is 5.69 Å². The molecule has 0 spiro atoms. The van der Waals surface area contributed by atoms with Crippen LogP contribution in [0, 0.1) is 6.92 Å². The zero-order valence-corrected chi connectivity index (χ0v) is 16.9. The van der Waals surface area contributed by atoms with E-state index in [1.807, 2.05) is 6.92 Å². The molecule has 0 atom stereocenters. The Morgan fingerprint density at radius 3 is 2.56 bits per heavy atom. The molecule has 0 radical (unpaired) electrons. The highest BCUT2D eigenvalue weighted by Gasteiger charge is 2.39. The molecule has 4 aromatic rings. The summed E-state index contributed by atoms with van der Waals surface area (Å²) in [6.07, 6.45) is 5.76. The topological polar surface area (TPSA) is 132 Å². The monoisotopic (exact) mass is 443 g/mol. The van der Waals surface area contributed by atoms with Gasteiger partial charge in [-0.1, -0.05) is 6.07 Å². The van der Waals surface area contributed by atoms with Gasteiger partial charge < -0.3 is 14.9 Å². The van der Waals surface area contributed by atoms with Crippen molar-refractivity contribution in [3.8, 4) is 11.3 Å². The fraction of sp³-hybridized carbons (Fsp3) is 0.250. The number of hydrogen-bond donors (Lipinski definition) is 3. The lowest BCUT2D eigenvalue weighted by Crippen LogP contribution is -2.26. The number of nitrogens with one attached hydrogen (secondary N) is 3. The smallest absolute Gasteiger partial charge is 0.325 e. The quantitative estimate of drug-likeness (QED) is 0.428. The molecule has 0 amide bonds. The second-order valence-corrected chi connectivity index (χ2v) is 7.35. The van der Waals surface area contributed by atoms with Crippen molar-refractivity contribution in [1.82, 2.24) is 29.5 Å². The fourth-order valence-corrected chi connectivity index (χ4v) is 3.29. The molecule has 0 aliphatic carbocycles. The molecule has 1 saturated heterocycles. The number of pyridine rings is 1. The molecule has 32 heavy (non-hydrogen) atoms. The molecular weight excluding hydrogens is 424 g/mol. The van der Waals surface area contributed by atoms with E-state index in [9.17, 15) is 23.2 Å². The first-order valence-electron chi connectivity index (χ1n) is 9.67. The van der Waals surface area contributed by atoms with Gasteiger partial charge in [-0.05, 0) is 18.6 Å². The van der Waals surface area contributed by atoms with E-state index < -0.39 is 23.7 Å². The third-order valence-electron chi connectivity index (χ3n) is 4.88. The van der Waals surface area contributed by atoms with Gasteiger partial charge in [0.15, 0.2) is 5.65 Å². The Hall–Kier alpha value is -4.09. The van der Waals surface area contributed by atoms with Crippen LogP contribution in [0.5, 0.6) is 0 Å². The average molecular weight is 443 g/mol. The molecule has 10 nitrogen and oxygen atoms in total. The van der Waals surface area contributed by atoms with Gasteiger partial charge in [0.25, 0.3) is 11.5 Å². The third kappa shape index (κ3) is 4.48. The highest BCUT2D eigenvalue weighted by molar-refractivity contribution is 5.74. The standard InChI is InChI=1S/C14H12F2N6O2.C6H7NO/c15-14(16)1-3-21(7-14)10-5-9(20-22-4-2-17-11(10)22)8-6-18-13(24)19-12(8)23;1-5-2-3-6(8)7-4-5/h2,4-6H,1,3,7H2,(H2,18,19,23,24);2-4H,1H3,(H,7,8). The number of nitrogens with zero attached hydrogens (tertiary/aromatic N) is 4. The lowest BCUT2D eigenvalue weighted by Gasteiger charge is -2.19. The van der Waals surface area contributed by atoms with E-state index in [1.165, 1.54) is 33.9 Å². The van der Waals surface area contributed by atoms with Crippen molar-refractivity contribution in [3.63, 3.8) is 0 Å². The molecule has 4 aromatic heterocycles. The Balaban J connectivity index is 0.000000260. The molecular formula is C20H19F2N7O3. The van der Waals surface area contributed by atoms with E-state index in [4.69, 9.17) is 0 Å². The Morgan fingerprint density at radius 1 is 1.12 bits per heavy atom. The Labute approximate surface area is 178 Å². The van der Waals surface area contributed by atoms with Gasteiger partial charge >= 0.3 is 5.69 Å². The van der Waals surface area contributed by atoms with Gasteiger partial charge in [-0.2, -0.15) is 5.10 Å². The predicted octanol–water partition coefficient (Wildman–Crippen LogP) is 1.30. The molecule has 3 N–H and O–H groups in total. The van der Waals surface area contributed by atoms with Crippen LogP contribution in [0.15, 0.2) is 57.4 Å². The lowest BCUT2D eigenvalue weighted by atomic mass is 10.2. The van der Waals surface area contributed by atoms with Crippen molar-refractivity contribution < 1.29 is 8.78 Å². The second-order valence-electron chi connectivity index (χ2n) is 7.35. The van der Waals surface area contributed by atoms with Gasteiger partial charge in [0, 0.05) is 43.8 Å². The molecule has 1 fully saturated rings. The van der Waals surface area contributed by atoms with Gasteiger partial charge in [0.05, 0.1) is 17.8 Å². The predicted molar refractivity (Wildman–Crippen MR) is 113 cm³/mol. The number of rotatable bonds is 2. The van der Waals surface area contributed by atoms with Crippen LogP contribution < -0.4 is 21.7 Å². The Morgan fingerprint density at radius 2 is 1.94 bits per heavy atom. The van der Waals surface area contributed by atoms with Crippen LogP contribution >= 0.6 is 0 Å². The summed E-state index contributed by atoms with van der Waals surface area (Å²) < 4.78 is 28.5. The average Bonchev–Trinajstić information content (AvgIpc) is 3.36. The maximum atomic E-state index is 13.6. The highest BCUT2D eigenvalue weighted by Crippen LogP contribution is 2.33. The van der Waals surface area contributed by atoms with E-state index in [1.54, 1.807) is 18.5 Å². The second kappa shape index (κ2) is 8.21. The van der Waals surface area contributed by atoms with Crippen LogP contribution in [0.2, 0.25) is 0 Å². The van der Waals surface area contributed by atoms with Crippen LogP contribution in [0.1, 0.15) is 12.0 Å². The van der Waals surface area contributed by atoms with E-state index in [2.05, 4.69) is 25.0 Å². The maximum Gasteiger partial charge on any atom is 0.325 e. The number of aromatic amines is 3. The van der Waals surface area contributed by atoms with Crippen LogP contribution in [-0.4, -0.2) is 48.6 Å². The van der Waals surface area contributed by atoms with E-state index in [0.717, 1.165) is 5.56 Å². The van der Waals surface area contributed by atoms with Crippen molar-refractivity contribution in [1.29, 1.82) is 0 Å². The van der Waals surface area contributed by atoms with Crippen molar-refractivity contribution >= 4 is 11.3 Å². The molecule has 0 saturated carbocycles. The zero-order chi connectivity index (χ0) is 22.9. The molecule has 12 heteroatoms. The minimum Gasteiger partial charge on any atom is -0.362 e. The van der Waals surface area contributed by atoms with Gasteiger partial charge in [-0.3, -0.25) is 14.6 Å². The van der Waals surface area contributed by atoms with E-state index in [-0.39, 0.29) is 29.8 Å². The Kier molecular flexibility index (Phi) is 5.43. The summed E-state index contributed by atoms with van der Waals surface area (Å²) >= 11 is 0. The van der Waals surface area contributed by atoms with Crippen molar-refractivity contribution in [3.05, 3.63) is 79.7 Å². The lowest BCUT2D eigenvalue weighted by molar-refractivity contribution is 0.0257. The number of aromatic nitrogens is 6. The fourth-order valence-electron chi connectivity index (χ4n) is 3.29. The number of imidazole rings is 1. The number of H-pyrrole nitrogens is 3. The minimum absolute atomic E-state index is 0.0457. The minimum atomic E-state index is -2.76. The number of halogens is 2. The molecule has 0 bridgehead atoms. The molecule has 5 rings (SSSR count). The van der Waals surface area contributed by atoms with E-state index in [0.29, 0.717) is 11.3 Å². The molecule has 1 aliphatic heterocycles. The van der Waals surface area contributed by atoms with Crippen LogP contribution in [0.4, 0.5) is 14.5 Å². The maximum absolute atomic E-state index is 13.6. The number of fused-ring (bicyclic) bond motifs is 1. The van der Waals surface area contributed by atoms with Gasteiger partial charge in [-0.15, -0.1) is 0 Å². The van der Waals surface area contributed by atoms with Gasteiger partial charge in [0.2, 0.25) is 5.56 Å². The number of alkyl halides is 2. The number of anilines is 1.